The highest BCUT2D eigenvalue weighted by Gasteiger charge is 2.27. The van der Waals surface area contributed by atoms with Gasteiger partial charge in [-0.1, -0.05) is 27.7 Å². The third kappa shape index (κ3) is 9.25. The minimum Gasteiger partial charge on any atom is -0.388 e. The van der Waals surface area contributed by atoms with Crippen LogP contribution in [-0.4, -0.2) is 29.9 Å². The Morgan fingerprint density at radius 3 is 1.84 bits per heavy atom. The van der Waals surface area contributed by atoms with Crippen molar-refractivity contribution >= 4 is 5.91 Å². The second-order valence-electron chi connectivity index (χ2n) is 3.79. The zero-order chi connectivity index (χ0) is 16.1. The summed E-state index contributed by atoms with van der Waals surface area (Å²) in [5.41, 5.74) is 5.49. The molecular formula is C14H31N3O2. The summed E-state index contributed by atoms with van der Waals surface area (Å²) in [4.78, 5) is 11.0. The minimum absolute atomic E-state index is 0.384. The summed E-state index contributed by atoms with van der Waals surface area (Å²) in [5.74, 6) is -0.384. The molecule has 0 atom stereocenters. The lowest BCUT2D eigenvalue weighted by Gasteiger charge is -2.20. The molecule has 2 N–H and O–H groups in total. The molecule has 5 nitrogen and oxygen atoms in total. The quantitative estimate of drug-likeness (QED) is 0.900. The van der Waals surface area contributed by atoms with Crippen LogP contribution in [0.25, 0.3) is 0 Å². The molecule has 0 spiro atoms. The first-order chi connectivity index (χ1) is 8.86. The van der Waals surface area contributed by atoms with Crippen molar-refractivity contribution in [3.63, 3.8) is 0 Å². The number of carbonyl (C=O) groups excluding carboxylic acids is 1. The van der Waals surface area contributed by atoms with Gasteiger partial charge in [0.2, 0.25) is 5.91 Å². The van der Waals surface area contributed by atoms with Crippen LogP contribution in [0.1, 0.15) is 47.1 Å². The topological polar surface area (TPSA) is 70.1 Å². The van der Waals surface area contributed by atoms with Crippen LogP contribution in [0.15, 0.2) is 12.4 Å². The Morgan fingerprint density at radius 2 is 1.63 bits per heavy atom. The molecule has 0 aliphatic heterocycles. The first-order valence-electron chi connectivity index (χ1n) is 6.58. The average Bonchev–Trinajstić information content (AvgIpc) is 2.82. The van der Waals surface area contributed by atoms with E-state index in [1.807, 2.05) is 34.6 Å². The smallest absolute Gasteiger partial charge is 0.244 e. The number of nitrogens with two attached hydrogens (primary N) is 1. The van der Waals surface area contributed by atoms with Crippen LogP contribution in [-0.2, 0) is 15.1 Å². The lowest BCUT2D eigenvalue weighted by atomic mass is 10.1. The molecule has 0 bridgehead atoms. The van der Waals surface area contributed by atoms with Gasteiger partial charge in [-0.25, -0.2) is 0 Å². The van der Waals surface area contributed by atoms with E-state index in [1.165, 1.54) is 0 Å². The van der Waals surface area contributed by atoms with Crippen molar-refractivity contribution < 1.29 is 9.53 Å². The number of ether oxygens (including phenoxy) is 1. The molecule has 19 heavy (non-hydrogen) atoms. The normalized spacial score (nSPS) is 8.89. The number of rotatable bonds is 2. The lowest BCUT2D eigenvalue weighted by Crippen LogP contribution is -2.41. The minimum atomic E-state index is -0.742. The van der Waals surface area contributed by atoms with Crippen molar-refractivity contribution in [1.82, 2.24) is 9.78 Å². The molecule has 1 rings (SSSR count). The monoisotopic (exact) mass is 273 g/mol. The number of nitrogens with zero attached hydrogens (tertiary/aromatic N) is 2. The molecule has 1 amide bonds. The van der Waals surface area contributed by atoms with Gasteiger partial charge in [-0.2, -0.15) is 5.10 Å². The number of primary amides is 1. The summed E-state index contributed by atoms with van der Waals surface area (Å²) in [6, 6.07) is 0. The van der Waals surface area contributed by atoms with Gasteiger partial charge < -0.3 is 10.5 Å². The number of methoxy groups -OCH3 is 1. The van der Waals surface area contributed by atoms with Crippen LogP contribution in [0, 0.1) is 6.92 Å². The second kappa shape index (κ2) is 13.1. The van der Waals surface area contributed by atoms with E-state index in [0.717, 1.165) is 5.56 Å². The molecule has 1 aromatic rings. The van der Waals surface area contributed by atoms with Gasteiger partial charge in [0.05, 0.1) is 6.20 Å². The zero-order valence-electron chi connectivity index (χ0n) is 13.9. The van der Waals surface area contributed by atoms with Crippen molar-refractivity contribution in [2.24, 2.45) is 5.73 Å². The molecule has 114 valence electrons. The Bertz CT molecular complexity index is 320. The maximum atomic E-state index is 11.0. The molecule has 0 fully saturated rings. The van der Waals surface area contributed by atoms with Crippen molar-refractivity contribution in [2.75, 3.05) is 14.2 Å². The fourth-order valence-electron chi connectivity index (χ4n) is 0.831. The predicted octanol–water partition coefficient (Wildman–Crippen LogP) is 2.73. The van der Waals surface area contributed by atoms with Crippen molar-refractivity contribution in [3.8, 4) is 0 Å². The molecule has 0 aliphatic rings. The van der Waals surface area contributed by atoms with E-state index in [-0.39, 0.29) is 5.91 Å². The SMILES string of the molecule is CC.CC.COC.Cc1cnn(C(C)(C)C(N)=O)c1. The molecule has 1 aromatic heterocycles. The molecular weight excluding hydrogens is 242 g/mol. The number of aryl methyl sites for hydroxylation is 1. The number of hydrogen-bond acceptors (Lipinski definition) is 3. The third-order valence-corrected chi connectivity index (χ3v) is 1.89. The van der Waals surface area contributed by atoms with E-state index in [1.54, 1.807) is 45.1 Å². The van der Waals surface area contributed by atoms with Gasteiger partial charge in [0.15, 0.2) is 0 Å². The van der Waals surface area contributed by atoms with Crippen LogP contribution < -0.4 is 5.73 Å². The van der Waals surface area contributed by atoms with E-state index in [9.17, 15) is 4.79 Å². The Kier molecular flexibility index (Phi) is 15.7. The Morgan fingerprint density at radius 1 is 1.26 bits per heavy atom. The first-order valence-corrected chi connectivity index (χ1v) is 6.58. The van der Waals surface area contributed by atoms with E-state index in [0.29, 0.717) is 0 Å². The highest BCUT2D eigenvalue weighted by Crippen LogP contribution is 2.13. The molecule has 1 heterocycles. The summed E-state index contributed by atoms with van der Waals surface area (Å²) in [6.07, 6.45) is 3.50. The van der Waals surface area contributed by atoms with Crippen LogP contribution >= 0.6 is 0 Å². The molecule has 5 heteroatoms. The molecule has 0 aliphatic carbocycles. The summed E-state index contributed by atoms with van der Waals surface area (Å²) in [7, 11) is 3.25. The fourth-order valence-corrected chi connectivity index (χ4v) is 0.831. The maximum absolute atomic E-state index is 11.0. The van der Waals surface area contributed by atoms with Crippen LogP contribution in [0.5, 0.6) is 0 Å². The zero-order valence-corrected chi connectivity index (χ0v) is 13.9. The van der Waals surface area contributed by atoms with E-state index < -0.39 is 5.54 Å². The molecule has 0 saturated heterocycles. The van der Waals surface area contributed by atoms with Gasteiger partial charge in [0.1, 0.15) is 5.54 Å². The van der Waals surface area contributed by atoms with E-state index in [2.05, 4.69) is 9.84 Å². The number of amides is 1. The summed E-state index contributed by atoms with van der Waals surface area (Å²) in [5, 5.41) is 4.02. The number of aromatic nitrogens is 2. The Hall–Kier alpha value is -1.36. The summed E-state index contributed by atoms with van der Waals surface area (Å²) < 4.78 is 5.82. The fraction of sp³-hybridized carbons (Fsp3) is 0.714. The standard InChI is InChI=1S/C8H13N3O.C2H6O.2C2H6/c1-6-4-10-11(5-6)8(2,3)7(9)12;1-3-2;2*1-2/h4-5H,1-3H3,(H2,9,12);1-2H3;2*1-2H3. The largest absolute Gasteiger partial charge is 0.388 e. The molecule has 0 aromatic carbocycles. The third-order valence-electron chi connectivity index (χ3n) is 1.89. The van der Waals surface area contributed by atoms with Crippen LogP contribution in [0.4, 0.5) is 0 Å². The van der Waals surface area contributed by atoms with Gasteiger partial charge in [0, 0.05) is 20.4 Å². The number of carbonyl (C=O) groups is 1. The molecule has 0 radical (unpaired) electrons. The Balaban J connectivity index is -0.000000313. The van der Waals surface area contributed by atoms with Gasteiger partial charge in [-0.15, -0.1) is 0 Å². The van der Waals surface area contributed by atoms with Crippen LogP contribution in [0.3, 0.4) is 0 Å². The van der Waals surface area contributed by atoms with Gasteiger partial charge in [-0.3, -0.25) is 9.48 Å². The number of hydrogen-bond donors (Lipinski definition) is 1. The van der Waals surface area contributed by atoms with Crippen molar-refractivity contribution in [3.05, 3.63) is 18.0 Å². The van der Waals surface area contributed by atoms with Crippen LogP contribution in [0.2, 0.25) is 0 Å². The maximum Gasteiger partial charge on any atom is 0.244 e. The first kappa shape index (κ1) is 22.8. The predicted molar refractivity (Wildman–Crippen MR) is 81.1 cm³/mol. The van der Waals surface area contributed by atoms with Gasteiger partial charge in [0.25, 0.3) is 0 Å². The van der Waals surface area contributed by atoms with Gasteiger partial charge >= 0.3 is 0 Å². The second-order valence-corrected chi connectivity index (χ2v) is 3.79. The highest BCUT2D eigenvalue weighted by molar-refractivity contribution is 5.81. The van der Waals surface area contributed by atoms with E-state index >= 15 is 0 Å². The summed E-state index contributed by atoms with van der Waals surface area (Å²) in [6.45, 7) is 13.4. The summed E-state index contributed by atoms with van der Waals surface area (Å²) >= 11 is 0. The highest BCUT2D eigenvalue weighted by atomic mass is 16.4. The van der Waals surface area contributed by atoms with E-state index in [4.69, 9.17) is 5.73 Å². The van der Waals surface area contributed by atoms with Gasteiger partial charge in [-0.05, 0) is 26.3 Å². The Labute approximate surface area is 118 Å². The van der Waals surface area contributed by atoms with Crippen molar-refractivity contribution in [1.29, 1.82) is 0 Å². The molecule has 0 unspecified atom stereocenters. The average molecular weight is 273 g/mol. The lowest BCUT2D eigenvalue weighted by molar-refractivity contribution is -0.125. The molecule has 0 saturated carbocycles. The van der Waals surface area contributed by atoms with Crippen molar-refractivity contribution in [2.45, 2.75) is 54.0 Å².